The van der Waals surface area contributed by atoms with Gasteiger partial charge in [-0.15, -0.1) is 11.3 Å². The second-order valence-corrected chi connectivity index (χ2v) is 4.48. The van der Waals surface area contributed by atoms with Gasteiger partial charge in [0.1, 0.15) is 0 Å². The van der Waals surface area contributed by atoms with Crippen molar-refractivity contribution in [2.75, 3.05) is 13.2 Å². The minimum Gasteiger partial charge on any atom is -0.343 e. The number of carbonyl (C=O) groups is 1. The molecule has 0 atom stereocenters. The van der Waals surface area contributed by atoms with Gasteiger partial charge in [0, 0.05) is 12.6 Å². The van der Waals surface area contributed by atoms with E-state index in [0.717, 1.165) is 4.88 Å². The number of ketones is 1. The topological polar surface area (TPSA) is 48.4 Å². The summed E-state index contributed by atoms with van der Waals surface area (Å²) >= 11 is 1.35. The van der Waals surface area contributed by atoms with E-state index in [4.69, 9.17) is 9.47 Å². The fourth-order valence-electron chi connectivity index (χ4n) is 1.42. The molecule has 0 spiro atoms. The van der Waals surface area contributed by atoms with Crippen molar-refractivity contribution in [2.45, 2.75) is 26.1 Å². The van der Waals surface area contributed by atoms with Crippen LogP contribution in [-0.4, -0.2) is 24.0 Å². The Morgan fingerprint density at radius 2 is 2.27 bits per heavy atom. The summed E-state index contributed by atoms with van der Waals surface area (Å²) in [5.74, 6) is -0.642. The molecule has 0 aliphatic carbocycles. The van der Waals surface area contributed by atoms with Crippen molar-refractivity contribution in [1.82, 2.24) is 4.98 Å². The number of Topliss-reactive ketones (excluding diaryl/α,β-unsaturated/α-hetero) is 1. The summed E-state index contributed by atoms with van der Waals surface area (Å²) in [5.41, 5.74) is 0. The fraction of sp³-hybridized carbons (Fsp3) is 0.600. The first-order valence-electron chi connectivity index (χ1n) is 4.93. The van der Waals surface area contributed by atoms with Crippen LogP contribution in [0.4, 0.5) is 0 Å². The molecular formula is C10H13NO3S. The van der Waals surface area contributed by atoms with Gasteiger partial charge in [0.25, 0.3) is 0 Å². The highest BCUT2D eigenvalue weighted by molar-refractivity contribution is 7.13. The van der Waals surface area contributed by atoms with Gasteiger partial charge in [-0.3, -0.25) is 4.79 Å². The fourth-order valence-corrected chi connectivity index (χ4v) is 2.40. The van der Waals surface area contributed by atoms with Gasteiger partial charge in [-0.1, -0.05) is 6.92 Å². The maximum absolute atomic E-state index is 11.4. The molecule has 1 aromatic rings. The molecule has 0 aromatic carbocycles. The normalized spacial score (nSPS) is 19.3. The monoisotopic (exact) mass is 227 g/mol. The van der Waals surface area contributed by atoms with Crippen molar-refractivity contribution in [3.05, 3.63) is 16.1 Å². The summed E-state index contributed by atoms with van der Waals surface area (Å²) in [4.78, 5) is 16.4. The van der Waals surface area contributed by atoms with E-state index in [0.29, 0.717) is 24.6 Å². The second kappa shape index (κ2) is 4.00. The molecule has 0 bridgehead atoms. The number of rotatable bonds is 3. The number of thiazole rings is 1. The molecular weight excluding hydrogens is 214 g/mol. The van der Waals surface area contributed by atoms with Crippen LogP contribution < -0.4 is 0 Å². The summed E-state index contributed by atoms with van der Waals surface area (Å²) in [6, 6.07) is 0. The van der Waals surface area contributed by atoms with Crippen molar-refractivity contribution in [1.29, 1.82) is 0 Å². The van der Waals surface area contributed by atoms with Crippen LogP contribution in [0, 0.1) is 0 Å². The third-order valence-electron chi connectivity index (χ3n) is 2.35. The maximum atomic E-state index is 11.4. The maximum Gasteiger partial charge on any atom is 0.203 e. The zero-order chi connectivity index (χ0) is 10.9. The zero-order valence-electron chi connectivity index (χ0n) is 8.78. The molecule has 1 aliphatic heterocycles. The predicted octanol–water partition coefficient (Wildman–Crippen LogP) is 1.96. The average Bonchev–Trinajstić information content (AvgIpc) is 2.85. The molecule has 1 aliphatic rings. The molecule has 0 unspecified atom stereocenters. The Balaban J connectivity index is 2.23. The Bertz CT molecular complexity index is 368. The van der Waals surface area contributed by atoms with Crippen LogP contribution in [0.5, 0.6) is 0 Å². The number of hydrogen-bond donors (Lipinski definition) is 0. The van der Waals surface area contributed by atoms with Crippen LogP contribution in [0.1, 0.15) is 34.9 Å². The lowest BCUT2D eigenvalue weighted by atomic mass is 10.3. The van der Waals surface area contributed by atoms with E-state index in [9.17, 15) is 4.79 Å². The molecule has 0 amide bonds. The van der Waals surface area contributed by atoms with Gasteiger partial charge in [0.2, 0.25) is 5.79 Å². The predicted molar refractivity (Wildman–Crippen MR) is 56.0 cm³/mol. The summed E-state index contributed by atoms with van der Waals surface area (Å²) in [6.07, 6.45) is 2.14. The first-order valence-corrected chi connectivity index (χ1v) is 5.75. The summed E-state index contributed by atoms with van der Waals surface area (Å²) in [7, 11) is 0. The SMILES string of the molecule is CCC(=O)c1ncc(C2(C)OCCO2)s1. The third-order valence-corrected chi connectivity index (χ3v) is 3.57. The molecule has 2 heterocycles. The van der Waals surface area contributed by atoms with Crippen LogP contribution >= 0.6 is 11.3 Å². The molecule has 5 heteroatoms. The quantitative estimate of drug-likeness (QED) is 0.740. The summed E-state index contributed by atoms with van der Waals surface area (Å²) in [5, 5.41) is 0.535. The van der Waals surface area contributed by atoms with E-state index >= 15 is 0 Å². The van der Waals surface area contributed by atoms with E-state index < -0.39 is 5.79 Å². The molecule has 1 aromatic heterocycles. The average molecular weight is 227 g/mol. The lowest BCUT2D eigenvalue weighted by Crippen LogP contribution is -2.20. The molecule has 1 fully saturated rings. The van der Waals surface area contributed by atoms with Gasteiger partial charge in [0.05, 0.1) is 18.1 Å². The summed E-state index contributed by atoms with van der Waals surface area (Å²) < 4.78 is 11.0. The lowest BCUT2D eigenvalue weighted by molar-refractivity contribution is -0.147. The Hall–Kier alpha value is -0.780. The van der Waals surface area contributed by atoms with Crippen LogP contribution in [0.2, 0.25) is 0 Å². The lowest BCUT2D eigenvalue weighted by Gasteiger charge is -2.19. The van der Waals surface area contributed by atoms with Crippen LogP contribution in [0.15, 0.2) is 6.20 Å². The second-order valence-electron chi connectivity index (χ2n) is 3.45. The first-order chi connectivity index (χ1) is 7.15. The molecule has 15 heavy (non-hydrogen) atoms. The van der Waals surface area contributed by atoms with Gasteiger partial charge in [0.15, 0.2) is 10.8 Å². The Morgan fingerprint density at radius 3 is 2.87 bits per heavy atom. The minimum absolute atomic E-state index is 0.0628. The highest BCUT2D eigenvalue weighted by atomic mass is 32.1. The van der Waals surface area contributed by atoms with E-state index in [1.54, 1.807) is 6.20 Å². The largest absolute Gasteiger partial charge is 0.343 e. The van der Waals surface area contributed by atoms with E-state index in [-0.39, 0.29) is 5.78 Å². The van der Waals surface area contributed by atoms with E-state index in [1.165, 1.54) is 11.3 Å². The van der Waals surface area contributed by atoms with Crippen LogP contribution in [0.25, 0.3) is 0 Å². The van der Waals surface area contributed by atoms with Crippen molar-refractivity contribution in [3.8, 4) is 0 Å². The van der Waals surface area contributed by atoms with Crippen molar-refractivity contribution >= 4 is 17.1 Å². The van der Waals surface area contributed by atoms with Gasteiger partial charge in [-0.25, -0.2) is 4.98 Å². The number of aromatic nitrogens is 1. The number of hydrogen-bond acceptors (Lipinski definition) is 5. The molecule has 82 valence electrons. The van der Waals surface area contributed by atoms with Crippen LogP contribution in [0.3, 0.4) is 0 Å². The number of ether oxygens (including phenoxy) is 2. The van der Waals surface area contributed by atoms with Crippen LogP contribution in [-0.2, 0) is 15.3 Å². The Morgan fingerprint density at radius 1 is 1.60 bits per heavy atom. The Kier molecular flexibility index (Phi) is 2.86. The van der Waals surface area contributed by atoms with Crippen molar-refractivity contribution < 1.29 is 14.3 Å². The zero-order valence-corrected chi connectivity index (χ0v) is 9.60. The Labute approximate surface area is 92.2 Å². The minimum atomic E-state index is -0.704. The molecule has 4 nitrogen and oxygen atoms in total. The third kappa shape index (κ3) is 1.95. The summed E-state index contributed by atoms with van der Waals surface area (Å²) in [6.45, 7) is 4.86. The molecule has 0 N–H and O–H groups in total. The van der Waals surface area contributed by atoms with Gasteiger partial charge in [-0.05, 0) is 6.92 Å². The molecule has 0 radical (unpaired) electrons. The molecule has 2 rings (SSSR count). The van der Waals surface area contributed by atoms with E-state index in [1.807, 2.05) is 13.8 Å². The van der Waals surface area contributed by atoms with Crippen molar-refractivity contribution in [2.24, 2.45) is 0 Å². The highest BCUT2D eigenvalue weighted by Gasteiger charge is 2.35. The van der Waals surface area contributed by atoms with Gasteiger partial charge >= 0.3 is 0 Å². The number of carbonyl (C=O) groups excluding carboxylic acids is 1. The van der Waals surface area contributed by atoms with Crippen molar-refractivity contribution in [3.63, 3.8) is 0 Å². The molecule has 0 saturated carbocycles. The standard InChI is InChI=1S/C10H13NO3S/c1-3-7(12)9-11-6-8(15-9)10(2)13-4-5-14-10/h6H,3-5H2,1-2H3. The smallest absolute Gasteiger partial charge is 0.203 e. The number of nitrogens with zero attached hydrogens (tertiary/aromatic N) is 1. The first kappa shape index (κ1) is 10.7. The highest BCUT2D eigenvalue weighted by Crippen LogP contribution is 2.34. The van der Waals surface area contributed by atoms with Gasteiger partial charge < -0.3 is 9.47 Å². The van der Waals surface area contributed by atoms with E-state index in [2.05, 4.69) is 4.98 Å². The van der Waals surface area contributed by atoms with Gasteiger partial charge in [-0.2, -0.15) is 0 Å². The molecule has 1 saturated heterocycles.